The Morgan fingerprint density at radius 2 is 2.43 bits per heavy atom. The van der Waals surface area contributed by atoms with Crippen LogP contribution in [0.2, 0.25) is 0 Å². The molecule has 0 spiro atoms. The Hall–Kier alpha value is -1.29. The van der Waals surface area contributed by atoms with Crippen LogP contribution < -0.4 is 0 Å². The van der Waals surface area contributed by atoms with Crippen LogP contribution in [0.15, 0.2) is 35.9 Å². The van der Waals surface area contributed by atoms with Crippen LogP contribution in [0.3, 0.4) is 0 Å². The minimum Gasteiger partial charge on any atom is -0.325 e. The van der Waals surface area contributed by atoms with Crippen molar-refractivity contribution in [3.8, 4) is 11.3 Å². The van der Waals surface area contributed by atoms with E-state index in [-0.39, 0.29) is 0 Å². The topological polar surface area (TPSA) is 30.7 Å². The Morgan fingerprint density at radius 1 is 1.43 bits per heavy atom. The number of rotatable bonds is 1. The molecule has 0 aromatic carbocycles. The molecule has 2 aromatic rings. The molecule has 0 bridgehead atoms. The zero-order valence-corrected chi connectivity index (χ0v) is 8.37. The van der Waals surface area contributed by atoms with E-state index in [1.807, 2.05) is 30.1 Å². The Bertz CT molecular complexity index is 428. The van der Waals surface area contributed by atoms with Crippen molar-refractivity contribution >= 4 is 11.8 Å². The van der Waals surface area contributed by atoms with E-state index in [9.17, 15) is 0 Å². The van der Waals surface area contributed by atoms with E-state index < -0.39 is 0 Å². The molecule has 0 unspecified atom stereocenters. The molecule has 4 heteroatoms. The van der Waals surface area contributed by atoms with Crippen molar-refractivity contribution in [2.75, 3.05) is 5.75 Å². The molecule has 0 saturated carbocycles. The van der Waals surface area contributed by atoms with E-state index in [1.165, 1.54) is 0 Å². The summed E-state index contributed by atoms with van der Waals surface area (Å²) in [6.45, 7) is 1.08. The Morgan fingerprint density at radius 3 is 3.21 bits per heavy atom. The molecule has 1 aliphatic rings. The van der Waals surface area contributed by atoms with Gasteiger partial charge >= 0.3 is 0 Å². The minimum atomic E-state index is 1.03. The molecule has 0 aliphatic carbocycles. The second kappa shape index (κ2) is 3.13. The fourth-order valence-corrected chi connectivity index (χ4v) is 2.51. The van der Waals surface area contributed by atoms with Gasteiger partial charge in [0.05, 0.1) is 5.69 Å². The van der Waals surface area contributed by atoms with Crippen molar-refractivity contribution in [1.82, 2.24) is 14.5 Å². The second-order valence-electron chi connectivity index (χ2n) is 3.19. The average Bonchev–Trinajstić information content (AvgIpc) is 2.78. The van der Waals surface area contributed by atoms with Crippen LogP contribution in [0.1, 0.15) is 0 Å². The van der Waals surface area contributed by atoms with Gasteiger partial charge in [0.1, 0.15) is 0 Å². The number of hydrogen-bond donors (Lipinski definition) is 0. The molecule has 3 nitrogen and oxygen atoms in total. The molecular weight excluding hydrogens is 194 g/mol. The summed E-state index contributed by atoms with van der Waals surface area (Å²) >= 11 is 1.81. The number of imidazole rings is 1. The zero-order chi connectivity index (χ0) is 9.38. The average molecular weight is 203 g/mol. The van der Waals surface area contributed by atoms with Crippen molar-refractivity contribution in [2.45, 2.75) is 11.7 Å². The number of aromatic nitrogens is 3. The normalized spacial score (nSPS) is 14.3. The van der Waals surface area contributed by atoms with Gasteiger partial charge < -0.3 is 4.57 Å². The number of hydrogen-bond acceptors (Lipinski definition) is 3. The summed E-state index contributed by atoms with van der Waals surface area (Å²) in [6.07, 6.45) is 5.73. The summed E-state index contributed by atoms with van der Waals surface area (Å²) in [5, 5.41) is 1.13. The van der Waals surface area contributed by atoms with Gasteiger partial charge in [-0.15, -0.1) is 0 Å². The summed E-state index contributed by atoms with van der Waals surface area (Å²) < 4.78 is 2.20. The van der Waals surface area contributed by atoms with Crippen LogP contribution in [-0.2, 0) is 6.54 Å². The summed E-state index contributed by atoms with van der Waals surface area (Å²) in [5.41, 5.74) is 2.12. The first-order valence-corrected chi connectivity index (χ1v) is 5.52. The van der Waals surface area contributed by atoms with E-state index >= 15 is 0 Å². The van der Waals surface area contributed by atoms with Crippen molar-refractivity contribution in [3.63, 3.8) is 0 Å². The maximum atomic E-state index is 4.55. The van der Waals surface area contributed by atoms with Crippen LogP contribution in [-0.4, -0.2) is 20.3 Å². The predicted molar refractivity (Wildman–Crippen MR) is 56.2 cm³/mol. The highest BCUT2D eigenvalue weighted by atomic mass is 32.2. The first-order valence-electron chi connectivity index (χ1n) is 4.54. The second-order valence-corrected chi connectivity index (χ2v) is 4.25. The first kappa shape index (κ1) is 8.05. The van der Waals surface area contributed by atoms with Crippen LogP contribution in [0, 0.1) is 0 Å². The molecule has 3 rings (SSSR count). The lowest BCUT2D eigenvalue weighted by molar-refractivity contribution is 0.719. The molecule has 2 aromatic heterocycles. The first-order chi connectivity index (χ1) is 6.93. The predicted octanol–water partition coefficient (Wildman–Crippen LogP) is 2.05. The lowest BCUT2D eigenvalue weighted by Crippen LogP contribution is -1.89. The van der Waals surface area contributed by atoms with Gasteiger partial charge in [0.2, 0.25) is 0 Å². The van der Waals surface area contributed by atoms with Gasteiger partial charge in [-0.2, -0.15) is 0 Å². The quantitative estimate of drug-likeness (QED) is 0.710. The molecule has 3 heterocycles. The van der Waals surface area contributed by atoms with E-state index in [4.69, 9.17) is 0 Å². The van der Waals surface area contributed by atoms with Crippen LogP contribution in [0.4, 0.5) is 0 Å². The molecule has 0 N–H and O–H groups in total. The van der Waals surface area contributed by atoms with Crippen LogP contribution in [0.25, 0.3) is 11.3 Å². The van der Waals surface area contributed by atoms with Crippen molar-refractivity contribution < 1.29 is 0 Å². The van der Waals surface area contributed by atoms with Gasteiger partial charge in [-0.1, -0.05) is 11.8 Å². The highest BCUT2D eigenvalue weighted by molar-refractivity contribution is 7.99. The van der Waals surface area contributed by atoms with Crippen molar-refractivity contribution in [2.24, 2.45) is 0 Å². The fraction of sp³-hybridized carbons (Fsp3) is 0.200. The highest BCUT2D eigenvalue weighted by Crippen LogP contribution is 2.28. The third kappa shape index (κ3) is 1.23. The minimum absolute atomic E-state index is 1.03. The largest absolute Gasteiger partial charge is 0.325 e. The smallest absolute Gasteiger partial charge is 0.168 e. The Balaban J connectivity index is 2.06. The lowest BCUT2D eigenvalue weighted by Gasteiger charge is -1.93. The third-order valence-corrected chi connectivity index (χ3v) is 3.23. The monoisotopic (exact) mass is 203 g/mol. The van der Waals surface area contributed by atoms with E-state index in [0.717, 1.165) is 28.7 Å². The van der Waals surface area contributed by atoms with E-state index in [1.54, 1.807) is 6.20 Å². The molecule has 0 fully saturated rings. The Labute approximate surface area is 86.2 Å². The number of pyridine rings is 1. The molecule has 1 aliphatic heterocycles. The van der Waals surface area contributed by atoms with Crippen molar-refractivity contribution in [3.05, 3.63) is 30.7 Å². The number of nitrogens with zero attached hydrogens (tertiary/aromatic N) is 3. The number of aryl methyl sites for hydroxylation is 1. The maximum absolute atomic E-state index is 4.55. The summed E-state index contributed by atoms with van der Waals surface area (Å²) in [7, 11) is 0. The van der Waals surface area contributed by atoms with Crippen LogP contribution >= 0.6 is 11.8 Å². The molecule has 0 saturated heterocycles. The lowest BCUT2D eigenvalue weighted by atomic mass is 10.2. The van der Waals surface area contributed by atoms with Gasteiger partial charge in [0, 0.05) is 36.5 Å². The SMILES string of the molecule is c1cncc(-c2cn3c(n2)SCC3)c1. The molecule has 14 heavy (non-hydrogen) atoms. The maximum Gasteiger partial charge on any atom is 0.168 e. The molecule has 0 amide bonds. The molecular formula is C10H9N3S. The van der Waals surface area contributed by atoms with Gasteiger partial charge in [0.25, 0.3) is 0 Å². The van der Waals surface area contributed by atoms with Gasteiger partial charge in [0.15, 0.2) is 5.16 Å². The number of fused-ring (bicyclic) bond motifs is 1. The Kier molecular flexibility index (Phi) is 1.80. The fourth-order valence-electron chi connectivity index (χ4n) is 1.56. The van der Waals surface area contributed by atoms with E-state index in [2.05, 4.69) is 20.7 Å². The zero-order valence-electron chi connectivity index (χ0n) is 7.55. The van der Waals surface area contributed by atoms with Gasteiger partial charge in [-0.05, 0) is 12.1 Å². The van der Waals surface area contributed by atoms with E-state index in [0.29, 0.717) is 0 Å². The van der Waals surface area contributed by atoms with Gasteiger partial charge in [-0.3, -0.25) is 4.98 Å². The molecule has 0 atom stereocenters. The molecule has 0 radical (unpaired) electrons. The molecule has 70 valence electrons. The standard InChI is InChI=1S/C10H9N3S/c1-2-8(6-11-3-1)9-7-13-4-5-14-10(13)12-9/h1-3,6-7H,4-5H2. The summed E-state index contributed by atoms with van der Waals surface area (Å²) in [5.74, 6) is 1.15. The third-order valence-electron chi connectivity index (χ3n) is 2.26. The van der Waals surface area contributed by atoms with Gasteiger partial charge in [-0.25, -0.2) is 4.98 Å². The van der Waals surface area contributed by atoms with Crippen LogP contribution in [0.5, 0.6) is 0 Å². The summed E-state index contributed by atoms with van der Waals surface area (Å²) in [4.78, 5) is 8.63. The highest BCUT2D eigenvalue weighted by Gasteiger charge is 2.14. The van der Waals surface area contributed by atoms with Crippen molar-refractivity contribution in [1.29, 1.82) is 0 Å². The number of thioether (sulfide) groups is 1. The summed E-state index contributed by atoms with van der Waals surface area (Å²) in [6, 6.07) is 3.97.